The van der Waals surface area contributed by atoms with E-state index in [9.17, 15) is 0 Å². The van der Waals surface area contributed by atoms with Crippen molar-refractivity contribution in [2.75, 3.05) is 5.73 Å². The quantitative estimate of drug-likeness (QED) is 0.748. The molecule has 3 rings (SSSR count). The van der Waals surface area contributed by atoms with E-state index < -0.39 is 0 Å². The third-order valence-corrected chi connectivity index (χ3v) is 3.06. The SMILES string of the molecule is Cn1ncc(-c2nc3cc(Br)ccc3o2)c1N. The van der Waals surface area contributed by atoms with Crippen LogP contribution in [0.4, 0.5) is 5.82 Å². The van der Waals surface area contributed by atoms with Crippen molar-refractivity contribution in [3.8, 4) is 11.5 Å². The highest BCUT2D eigenvalue weighted by molar-refractivity contribution is 9.10. The number of hydrogen-bond acceptors (Lipinski definition) is 4. The van der Waals surface area contributed by atoms with Crippen molar-refractivity contribution in [3.05, 3.63) is 28.9 Å². The van der Waals surface area contributed by atoms with Crippen LogP contribution < -0.4 is 5.73 Å². The van der Waals surface area contributed by atoms with E-state index in [-0.39, 0.29) is 0 Å². The second kappa shape index (κ2) is 3.59. The fraction of sp³-hybridized carbons (Fsp3) is 0.0909. The van der Waals surface area contributed by atoms with Crippen LogP contribution in [0.5, 0.6) is 0 Å². The molecule has 0 bridgehead atoms. The molecule has 0 aliphatic rings. The van der Waals surface area contributed by atoms with Crippen LogP contribution in [0, 0.1) is 0 Å². The molecule has 0 saturated carbocycles. The Hall–Kier alpha value is -1.82. The van der Waals surface area contributed by atoms with Crippen molar-refractivity contribution < 1.29 is 4.42 Å². The molecule has 2 heterocycles. The van der Waals surface area contributed by atoms with Crippen LogP contribution in [-0.4, -0.2) is 14.8 Å². The molecule has 0 radical (unpaired) electrons. The van der Waals surface area contributed by atoms with E-state index >= 15 is 0 Å². The number of anilines is 1. The molecule has 3 aromatic rings. The highest BCUT2D eigenvalue weighted by atomic mass is 79.9. The maximum Gasteiger partial charge on any atom is 0.232 e. The van der Waals surface area contributed by atoms with E-state index in [4.69, 9.17) is 10.2 Å². The molecule has 0 amide bonds. The molecule has 0 aliphatic carbocycles. The lowest BCUT2D eigenvalue weighted by atomic mass is 10.3. The van der Waals surface area contributed by atoms with Crippen LogP contribution in [-0.2, 0) is 7.05 Å². The lowest BCUT2D eigenvalue weighted by molar-refractivity contribution is 0.620. The van der Waals surface area contributed by atoms with Gasteiger partial charge in [0.1, 0.15) is 11.3 Å². The number of aryl methyl sites for hydroxylation is 1. The number of nitrogens with zero attached hydrogens (tertiary/aromatic N) is 3. The van der Waals surface area contributed by atoms with Gasteiger partial charge in [-0.15, -0.1) is 0 Å². The second-order valence-corrected chi connectivity index (χ2v) is 4.61. The molecule has 5 nitrogen and oxygen atoms in total. The van der Waals surface area contributed by atoms with Crippen molar-refractivity contribution in [2.24, 2.45) is 7.05 Å². The summed E-state index contributed by atoms with van der Waals surface area (Å²) >= 11 is 3.39. The molecular formula is C11H9BrN4O. The van der Waals surface area contributed by atoms with Gasteiger partial charge in [-0.3, -0.25) is 4.68 Å². The van der Waals surface area contributed by atoms with Crippen LogP contribution in [0.15, 0.2) is 33.3 Å². The highest BCUT2D eigenvalue weighted by Gasteiger charge is 2.14. The van der Waals surface area contributed by atoms with Crippen molar-refractivity contribution in [1.29, 1.82) is 0 Å². The monoisotopic (exact) mass is 292 g/mol. The Kier molecular flexibility index (Phi) is 2.19. The maximum atomic E-state index is 5.88. The normalized spacial score (nSPS) is 11.2. The molecule has 0 aliphatic heterocycles. The summed E-state index contributed by atoms with van der Waals surface area (Å²) in [5.41, 5.74) is 8.10. The summed E-state index contributed by atoms with van der Waals surface area (Å²) < 4.78 is 8.18. The summed E-state index contributed by atoms with van der Waals surface area (Å²) in [6.45, 7) is 0. The predicted molar refractivity (Wildman–Crippen MR) is 68.3 cm³/mol. The van der Waals surface area contributed by atoms with E-state index in [1.807, 2.05) is 18.2 Å². The minimum absolute atomic E-state index is 0.490. The lowest BCUT2D eigenvalue weighted by Gasteiger charge is -1.94. The highest BCUT2D eigenvalue weighted by Crippen LogP contribution is 2.29. The number of nitrogens with two attached hydrogens (primary N) is 1. The fourth-order valence-electron chi connectivity index (χ4n) is 1.63. The minimum Gasteiger partial charge on any atom is -0.436 e. The number of oxazole rings is 1. The number of fused-ring (bicyclic) bond motifs is 1. The number of aromatic nitrogens is 3. The van der Waals surface area contributed by atoms with Crippen LogP contribution in [0.2, 0.25) is 0 Å². The summed E-state index contributed by atoms with van der Waals surface area (Å²) in [6.07, 6.45) is 1.65. The standard InChI is InChI=1S/C11H9BrN4O/c1-16-10(13)7(5-14-16)11-15-8-4-6(12)2-3-9(8)17-11/h2-5H,13H2,1H3. The molecule has 17 heavy (non-hydrogen) atoms. The van der Waals surface area contributed by atoms with Gasteiger partial charge in [0.15, 0.2) is 5.58 Å². The zero-order valence-electron chi connectivity index (χ0n) is 9.01. The molecule has 1 aromatic carbocycles. The molecule has 0 atom stereocenters. The van der Waals surface area contributed by atoms with E-state index in [1.54, 1.807) is 17.9 Å². The van der Waals surface area contributed by atoms with Gasteiger partial charge in [0.05, 0.1) is 11.8 Å². The first kappa shape index (κ1) is 10.3. The van der Waals surface area contributed by atoms with Gasteiger partial charge in [-0.05, 0) is 18.2 Å². The Morgan fingerprint density at radius 1 is 1.41 bits per heavy atom. The molecule has 6 heteroatoms. The molecule has 2 aromatic heterocycles. The molecule has 0 saturated heterocycles. The molecule has 0 spiro atoms. The number of nitrogen functional groups attached to an aromatic ring is 1. The van der Waals surface area contributed by atoms with Crippen LogP contribution >= 0.6 is 15.9 Å². The predicted octanol–water partition coefficient (Wildman–Crippen LogP) is 2.57. The van der Waals surface area contributed by atoms with Crippen molar-refractivity contribution in [1.82, 2.24) is 14.8 Å². The molecule has 0 unspecified atom stereocenters. The van der Waals surface area contributed by atoms with Gasteiger partial charge in [0.2, 0.25) is 5.89 Å². The van der Waals surface area contributed by atoms with Crippen molar-refractivity contribution in [2.45, 2.75) is 0 Å². The number of hydrogen-bond donors (Lipinski definition) is 1. The van der Waals surface area contributed by atoms with Gasteiger partial charge in [-0.1, -0.05) is 15.9 Å². The first-order chi connectivity index (χ1) is 8.15. The Balaban J connectivity index is 2.21. The van der Waals surface area contributed by atoms with E-state index in [0.29, 0.717) is 17.3 Å². The third-order valence-electron chi connectivity index (χ3n) is 2.56. The number of benzene rings is 1. The summed E-state index contributed by atoms with van der Waals surface area (Å²) in [6, 6.07) is 5.67. The Labute approximate surface area is 105 Å². The Morgan fingerprint density at radius 2 is 2.24 bits per heavy atom. The maximum absolute atomic E-state index is 5.88. The van der Waals surface area contributed by atoms with Gasteiger partial charge >= 0.3 is 0 Å². The van der Waals surface area contributed by atoms with Crippen molar-refractivity contribution in [3.63, 3.8) is 0 Å². The molecule has 0 fully saturated rings. The lowest BCUT2D eigenvalue weighted by Crippen LogP contribution is -1.97. The average Bonchev–Trinajstić information content (AvgIpc) is 2.83. The summed E-state index contributed by atoms with van der Waals surface area (Å²) in [4.78, 5) is 4.39. The third kappa shape index (κ3) is 1.61. The van der Waals surface area contributed by atoms with E-state index in [2.05, 4.69) is 26.0 Å². The summed E-state index contributed by atoms with van der Waals surface area (Å²) in [5.74, 6) is 1.03. The summed E-state index contributed by atoms with van der Waals surface area (Å²) in [7, 11) is 1.78. The van der Waals surface area contributed by atoms with Crippen molar-refractivity contribution >= 4 is 32.8 Å². The van der Waals surface area contributed by atoms with Gasteiger partial charge < -0.3 is 10.2 Å². The van der Waals surface area contributed by atoms with Crippen LogP contribution in [0.1, 0.15) is 0 Å². The first-order valence-corrected chi connectivity index (χ1v) is 5.78. The van der Waals surface area contributed by atoms with Crippen LogP contribution in [0.3, 0.4) is 0 Å². The number of halogens is 1. The van der Waals surface area contributed by atoms with Crippen LogP contribution in [0.25, 0.3) is 22.6 Å². The smallest absolute Gasteiger partial charge is 0.232 e. The van der Waals surface area contributed by atoms with Gasteiger partial charge in [-0.25, -0.2) is 4.98 Å². The Morgan fingerprint density at radius 3 is 2.94 bits per heavy atom. The summed E-state index contributed by atoms with van der Waals surface area (Å²) in [5, 5.41) is 4.06. The first-order valence-electron chi connectivity index (χ1n) is 4.99. The second-order valence-electron chi connectivity index (χ2n) is 3.70. The van der Waals surface area contributed by atoms with E-state index in [1.165, 1.54) is 0 Å². The van der Waals surface area contributed by atoms with Gasteiger partial charge in [-0.2, -0.15) is 5.10 Å². The van der Waals surface area contributed by atoms with Gasteiger partial charge in [0.25, 0.3) is 0 Å². The van der Waals surface area contributed by atoms with E-state index in [0.717, 1.165) is 15.6 Å². The average molecular weight is 293 g/mol. The zero-order chi connectivity index (χ0) is 12.0. The van der Waals surface area contributed by atoms with Gasteiger partial charge in [0, 0.05) is 11.5 Å². The topological polar surface area (TPSA) is 69.9 Å². The molecule has 86 valence electrons. The molecule has 2 N–H and O–H groups in total. The Bertz CT molecular complexity index is 701. The minimum atomic E-state index is 0.490. The number of rotatable bonds is 1. The largest absolute Gasteiger partial charge is 0.436 e. The molecular weight excluding hydrogens is 284 g/mol. The fourth-order valence-corrected chi connectivity index (χ4v) is 1.98. The zero-order valence-corrected chi connectivity index (χ0v) is 10.6.